The van der Waals surface area contributed by atoms with Gasteiger partial charge in [0.25, 0.3) is 0 Å². The monoisotopic (exact) mass is 444 g/mol. The fourth-order valence-electron chi connectivity index (χ4n) is 3.59. The summed E-state index contributed by atoms with van der Waals surface area (Å²) in [6.07, 6.45) is 7.26. The van der Waals surface area contributed by atoms with Gasteiger partial charge in [-0.2, -0.15) is 0 Å². The van der Waals surface area contributed by atoms with Gasteiger partial charge in [0, 0.05) is 47.5 Å². The fraction of sp³-hybridized carbons (Fsp3) is 0.333. The smallest absolute Gasteiger partial charge is 0.228 e. The maximum atomic E-state index is 12.3. The van der Waals surface area contributed by atoms with Crippen molar-refractivity contribution < 1.29 is 14.3 Å². The Morgan fingerprint density at radius 2 is 1.88 bits per heavy atom. The molecule has 9 heteroatoms. The molecule has 1 saturated heterocycles. The molecule has 1 aliphatic carbocycles. The predicted octanol–water partition coefficient (Wildman–Crippen LogP) is 3.23. The van der Waals surface area contributed by atoms with Crippen LogP contribution in [0.2, 0.25) is 0 Å². The van der Waals surface area contributed by atoms with Crippen molar-refractivity contribution in [3.8, 4) is 22.6 Å². The van der Waals surface area contributed by atoms with Gasteiger partial charge in [-0.15, -0.1) is 0 Å². The van der Waals surface area contributed by atoms with E-state index in [4.69, 9.17) is 9.72 Å². The normalized spacial score (nSPS) is 15.5. The largest absolute Gasteiger partial charge is 0.381 e. The lowest BCUT2D eigenvalue weighted by Gasteiger charge is -2.25. The molecule has 2 amide bonds. The number of nitrogens with zero attached hydrogens (tertiary/aromatic N) is 4. The van der Waals surface area contributed by atoms with Crippen LogP contribution >= 0.6 is 0 Å². The Balaban J connectivity index is 1.36. The number of nitrogens with one attached hydrogen (secondary N) is 2. The van der Waals surface area contributed by atoms with Crippen molar-refractivity contribution in [1.29, 1.82) is 0 Å². The molecule has 0 bridgehead atoms. The molecule has 0 unspecified atom stereocenters. The van der Waals surface area contributed by atoms with E-state index in [1.807, 2.05) is 19.1 Å². The van der Waals surface area contributed by atoms with Crippen LogP contribution in [-0.4, -0.2) is 45.0 Å². The molecule has 2 N–H and O–H groups in total. The molecule has 5 rings (SSSR count). The summed E-state index contributed by atoms with van der Waals surface area (Å²) >= 11 is 0. The van der Waals surface area contributed by atoms with Crippen LogP contribution in [0.15, 0.2) is 42.9 Å². The summed E-state index contributed by atoms with van der Waals surface area (Å²) < 4.78 is 5.13. The van der Waals surface area contributed by atoms with Crippen molar-refractivity contribution in [1.82, 2.24) is 19.9 Å². The Morgan fingerprint density at radius 3 is 2.64 bits per heavy atom. The van der Waals surface area contributed by atoms with Crippen LogP contribution in [0, 0.1) is 18.8 Å². The first kappa shape index (κ1) is 21.1. The van der Waals surface area contributed by atoms with E-state index >= 15 is 0 Å². The molecule has 0 aromatic carbocycles. The average Bonchev–Trinajstić information content (AvgIpc) is 3.64. The molecular formula is C24H24N6O3. The van der Waals surface area contributed by atoms with Gasteiger partial charge in [0.1, 0.15) is 5.82 Å². The number of ether oxygens (including phenoxy) is 1. The minimum atomic E-state index is -0.0628. The summed E-state index contributed by atoms with van der Waals surface area (Å²) in [5, 5.41) is 5.77. The van der Waals surface area contributed by atoms with Crippen LogP contribution in [0.1, 0.15) is 25.0 Å². The molecule has 2 aliphatic rings. The second kappa shape index (κ2) is 9.03. The molecule has 2 fully saturated rings. The molecule has 0 radical (unpaired) electrons. The second-order valence-electron chi connectivity index (χ2n) is 8.47. The quantitative estimate of drug-likeness (QED) is 0.574. The van der Waals surface area contributed by atoms with Crippen molar-refractivity contribution in [2.45, 2.75) is 26.2 Å². The number of aryl methyl sites for hydroxylation is 1. The fourth-order valence-corrected chi connectivity index (χ4v) is 3.59. The third kappa shape index (κ3) is 5.04. The van der Waals surface area contributed by atoms with Crippen LogP contribution in [0.4, 0.5) is 11.5 Å². The molecule has 33 heavy (non-hydrogen) atoms. The van der Waals surface area contributed by atoms with Gasteiger partial charge < -0.3 is 15.4 Å². The first-order chi connectivity index (χ1) is 16.0. The number of amides is 2. The Morgan fingerprint density at radius 1 is 1.06 bits per heavy atom. The maximum Gasteiger partial charge on any atom is 0.228 e. The van der Waals surface area contributed by atoms with E-state index in [1.54, 1.807) is 30.7 Å². The van der Waals surface area contributed by atoms with Crippen LogP contribution < -0.4 is 10.6 Å². The average molecular weight is 444 g/mol. The van der Waals surface area contributed by atoms with Gasteiger partial charge in [-0.05, 0) is 44.0 Å². The SMILES string of the molecule is Cc1ncc(NC(=O)CC2COC2)cc1-c1nccc(-c2ccnc(NC(=O)C3CC3)c2)n1. The lowest BCUT2D eigenvalue weighted by molar-refractivity contribution is -0.121. The molecule has 1 saturated carbocycles. The maximum absolute atomic E-state index is 12.3. The van der Waals surface area contributed by atoms with Gasteiger partial charge in [0.2, 0.25) is 11.8 Å². The Kier molecular flexibility index (Phi) is 5.78. The topological polar surface area (TPSA) is 119 Å². The van der Waals surface area contributed by atoms with E-state index in [0.29, 0.717) is 42.7 Å². The van der Waals surface area contributed by atoms with Gasteiger partial charge >= 0.3 is 0 Å². The molecule has 0 spiro atoms. The summed E-state index contributed by atoms with van der Waals surface area (Å²) in [6.45, 7) is 3.14. The highest BCUT2D eigenvalue weighted by molar-refractivity contribution is 5.93. The highest BCUT2D eigenvalue weighted by Gasteiger charge is 2.29. The molecule has 168 valence electrons. The Labute approximate surface area is 191 Å². The standard InChI is InChI=1S/C24H24N6O3/c1-14-19(10-18(11-27-14)28-22(31)8-15-12-33-13-15)23-26-7-5-20(29-23)17-4-6-25-21(9-17)30-24(32)16-2-3-16/h4-7,9-11,15-16H,2-3,8,12-13H2,1H3,(H,28,31)(H,25,30,32). The summed E-state index contributed by atoms with van der Waals surface area (Å²) in [5.74, 6) is 1.33. The number of aromatic nitrogens is 4. The van der Waals surface area contributed by atoms with Crippen LogP contribution in [0.5, 0.6) is 0 Å². The first-order valence-corrected chi connectivity index (χ1v) is 11.0. The van der Waals surface area contributed by atoms with Crippen molar-refractivity contribution >= 4 is 23.3 Å². The van der Waals surface area contributed by atoms with E-state index in [2.05, 4.69) is 25.6 Å². The molecule has 4 heterocycles. The predicted molar refractivity (Wildman–Crippen MR) is 122 cm³/mol. The summed E-state index contributed by atoms with van der Waals surface area (Å²) in [6, 6.07) is 7.29. The van der Waals surface area contributed by atoms with Crippen molar-refractivity contribution in [2.75, 3.05) is 23.8 Å². The zero-order valence-electron chi connectivity index (χ0n) is 18.2. The second-order valence-corrected chi connectivity index (χ2v) is 8.47. The van der Waals surface area contributed by atoms with Gasteiger partial charge in [0.15, 0.2) is 5.82 Å². The summed E-state index contributed by atoms with van der Waals surface area (Å²) in [5.41, 5.74) is 3.60. The van der Waals surface area contributed by atoms with Crippen molar-refractivity contribution in [3.05, 3.63) is 48.5 Å². The van der Waals surface area contributed by atoms with Crippen LogP contribution in [0.25, 0.3) is 22.6 Å². The molecule has 1 aliphatic heterocycles. The molecule has 3 aromatic rings. The Bertz CT molecular complexity index is 1210. The first-order valence-electron chi connectivity index (χ1n) is 11.0. The third-order valence-corrected chi connectivity index (χ3v) is 5.70. The lowest BCUT2D eigenvalue weighted by atomic mass is 10.0. The number of hydrogen-bond donors (Lipinski definition) is 2. The van der Waals surface area contributed by atoms with E-state index in [1.165, 1.54) is 0 Å². The van der Waals surface area contributed by atoms with E-state index in [-0.39, 0.29) is 23.7 Å². The van der Waals surface area contributed by atoms with Gasteiger partial charge in [-0.1, -0.05) is 0 Å². The molecular weight excluding hydrogens is 420 g/mol. The zero-order chi connectivity index (χ0) is 22.8. The third-order valence-electron chi connectivity index (χ3n) is 5.70. The van der Waals surface area contributed by atoms with E-state index in [9.17, 15) is 9.59 Å². The minimum absolute atomic E-state index is 0.00780. The number of pyridine rings is 2. The van der Waals surface area contributed by atoms with Gasteiger partial charge in [-0.3, -0.25) is 14.6 Å². The molecule has 0 atom stereocenters. The molecule has 9 nitrogen and oxygen atoms in total. The number of hydrogen-bond acceptors (Lipinski definition) is 7. The number of rotatable bonds is 7. The number of anilines is 2. The summed E-state index contributed by atoms with van der Waals surface area (Å²) in [4.78, 5) is 42.1. The molecule has 3 aromatic heterocycles. The van der Waals surface area contributed by atoms with E-state index in [0.717, 1.165) is 29.7 Å². The van der Waals surface area contributed by atoms with Gasteiger partial charge in [0.05, 0.1) is 30.8 Å². The highest BCUT2D eigenvalue weighted by atomic mass is 16.5. The van der Waals surface area contributed by atoms with E-state index < -0.39 is 0 Å². The van der Waals surface area contributed by atoms with Crippen molar-refractivity contribution in [2.24, 2.45) is 11.8 Å². The van der Waals surface area contributed by atoms with Crippen molar-refractivity contribution in [3.63, 3.8) is 0 Å². The summed E-state index contributed by atoms with van der Waals surface area (Å²) in [7, 11) is 0. The Hall–Kier alpha value is -3.72. The number of carbonyl (C=O) groups is 2. The van der Waals surface area contributed by atoms with Gasteiger partial charge in [-0.25, -0.2) is 15.0 Å². The minimum Gasteiger partial charge on any atom is -0.381 e. The number of carbonyl (C=O) groups excluding carboxylic acids is 2. The highest BCUT2D eigenvalue weighted by Crippen LogP contribution is 2.30. The van der Waals surface area contributed by atoms with Crippen LogP contribution in [0.3, 0.4) is 0 Å². The lowest BCUT2D eigenvalue weighted by Crippen LogP contribution is -2.31. The van der Waals surface area contributed by atoms with Crippen LogP contribution in [-0.2, 0) is 14.3 Å². The zero-order valence-corrected chi connectivity index (χ0v) is 18.2.